The molecule has 1 saturated heterocycles. The molecule has 0 spiro atoms. The minimum Gasteiger partial charge on any atom is -0.476 e. The van der Waals surface area contributed by atoms with Crippen molar-refractivity contribution >= 4 is 17.2 Å². The molecule has 1 N–H and O–H groups in total. The van der Waals surface area contributed by atoms with Gasteiger partial charge in [-0.1, -0.05) is 50.6 Å². The van der Waals surface area contributed by atoms with Gasteiger partial charge in [0.1, 0.15) is 6.61 Å². The Bertz CT molecular complexity index is 906. The van der Waals surface area contributed by atoms with Crippen LogP contribution in [0.3, 0.4) is 0 Å². The van der Waals surface area contributed by atoms with Crippen LogP contribution in [0.5, 0.6) is 5.88 Å². The van der Waals surface area contributed by atoms with Crippen LogP contribution in [0.4, 0.5) is 11.5 Å². The SMILES string of the molecule is CCCN(CCC)c1cc(N/N=C(\CC)c2cccc(C)c2)nc(OCCN2CCOCC2)c1. The lowest BCUT2D eigenvalue weighted by Gasteiger charge is -2.27. The standard InChI is InChI=1S/C27H41N5O2/c1-5-11-32(12-6-2)24-20-26(30-29-25(7-3)23-10-8-9-22(4)19-23)28-27(21-24)34-18-15-31-13-16-33-17-14-31/h8-10,19-21H,5-7,11-18H2,1-4H3,(H,28,30)/b29-25+. The van der Waals surface area contributed by atoms with Gasteiger partial charge in [-0.2, -0.15) is 10.1 Å². The molecule has 7 heteroatoms. The monoisotopic (exact) mass is 467 g/mol. The van der Waals surface area contributed by atoms with Crippen LogP contribution in [-0.4, -0.2) is 68.1 Å². The van der Waals surface area contributed by atoms with Crippen LogP contribution in [-0.2, 0) is 4.74 Å². The van der Waals surface area contributed by atoms with Crippen LogP contribution < -0.4 is 15.1 Å². The number of aromatic nitrogens is 1. The topological polar surface area (TPSA) is 62.2 Å². The van der Waals surface area contributed by atoms with E-state index in [2.05, 4.69) is 79.3 Å². The Morgan fingerprint density at radius 2 is 1.88 bits per heavy atom. The third kappa shape index (κ3) is 7.99. The van der Waals surface area contributed by atoms with Crippen LogP contribution >= 0.6 is 0 Å². The summed E-state index contributed by atoms with van der Waals surface area (Å²) in [7, 11) is 0. The van der Waals surface area contributed by atoms with E-state index >= 15 is 0 Å². The molecule has 0 radical (unpaired) electrons. The van der Waals surface area contributed by atoms with E-state index in [4.69, 9.17) is 19.6 Å². The Hall–Kier alpha value is -2.64. The highest BCUT2D eigenvalue weighted by Gasteiger charge is 2.13. The molecule has 0 atom stereocenters. The number of morpholine rings is 1. The highest BCUT2D eigenvalue weighted by Crippen LogP contribution is 2.25. The molecule has 34 heavy (non-hydrogen) atoms. The zero-order valence-electron chi connectivity index (χ0n) is 21.3. The fraction of sp³-hybridized carbons (Fsp3) is 0.556. The molecule has 0 aliphatic carbocycles. The van der Waals surface area contributed by atoms with E-state index in [9.17, 15) is 0 Å². The second-order valence-electron chi connectivity index (χ2n) is 8.73. The summed E-state index contributed by atoms with van der Waals surface area (Å²) < 4.78 is 11.6. The summed E-state index contributed by atoms with van der Waals surface area (Å²) in [4.78, 5) is 9.49. The molecule has 1 aromatic carbocycles. The summed E-state index contributed by atoms with van der Waals surface area (Å²) in [6.07, 6.45) is 3.00. The van der Waals surface area contributed by atoms with Crippen LogP contribution in [0.1, 0.15) is 51.2 Å². The number of aryl methyl sites for hydroxylation is 1. The maximum absolute atomic E-state index is 6.12. The minimum absolute atomic E-state index is 0.601. The second kappa shape index (κ2) is 13.9. The van der Waals surface area contributed by atoms with Crippen LogP contribution in [0.25, 0.3) is 0 Å². The maximum atomic E-state index is 6.12. The van der Waals surface area contributed by atoms with E-state index in [1.165, 1.54) is 5.56 Å². The normalized spacial score (nSPS) is 14.8. The van der Waals surface area contributed by atoms with Crippen molar-refractivity contribution < 1.29 is 9.47 Å². The molecule has 186 valence electrons. The smallest absolute Gasteiger partial charge is 0.217 e. The van der Waals surface area contributed by atoms with Gasteiger partial charge in [-0.3, -0.25) is 10.3 Å². The highest BCUT2D eigenvalue weighted by molar-refractivity contribution is 6.00. The quantitative estimate of drug-likeness (QED) is 0.332. The molecule has 1 aliphatic rings. The number of nitrogens with zero attached hydrogens (tertiary/aromatic N) is 4. The lowest BCUT2D eigenvalue weighted by atomic mass is 10.1. The Balaban J connectivity index is 1.79. The number of benzene rings is 1. The molecule has 1 aromatic heterocycles. The summed E-state index contributed by atoms with van der Waals surface area (Å²) in [5, 5.41) is 4.72. The molecule has 3 rings (SSSR count). The van der Waals surface area contributed by atoms with Gasteiger partial charge in [0, 0.05) is 50.5 Å². The van der Waals surface area contributed by atoms with Crippen molar-refractivity contribution in [2.45, 2.75) is 47.0 Å². The Labute approximate surface area is 205 Å². The number of anilines is 2. The average molecular weight is 468 g/mol. The number of ether oxygens (including phenoxy) is 2. The van der Waals surface area contributed by atoms with E-state index in [0.29, 0.717) is 18.3 Å². The van der Waals surface area contributed by atoms with Crippen molar-refractivity contribution in [3.8, 4) is 5.88 Å². The van der Waals surface area contributed by atoms with E-state index in [1.54, 1.807) is 0 Å². The van der Waals surface area contributed by atoms with Crippen molar-refractivity contribution in [3.05, 3.63) is 47.5 Å². The third-order valence-corrected chi connectivity index (χ3v) is 5.89. The van der Waals surface area contributed by atoms with Gasteiger partial charge < -0.3 is 14.4 Å². The lowest BCUT2D eigenvalue weighted by molar-refractivity contribution is 0.0320. The van der Waals surface area contributed by atoms with Crippen LogP contribution in [0.15, 0.2) is 41.5 Å². The van der Waals surface area contributed by atoms with Crippen molar-refractivity contribution in [1.82, 2.24) is 9.88 Å². The summed E-state index contributed by atoms with van der Waals surface area (Å²) in [5.41, 5.74) is 7.70. The maximum Gasteiger partial charge on any atom is 0.217 e. The first-order valence-corrected chi connectivity index (χ1v) is 12.7. The number of hydrogen-bond acceptors (Lipinski definition) is 7. The van der Waals surface area contributed by atoms with Crippen molar-refractivity contribution in [2.24, 2.45) is 5.10 Å². The molecule has 0 saturated carbocycles. The van der Waals surface area contributed by atoms with Gasteiger partial charge in [-0.25, -0.2) is 0 Å². The summed E-state index contributed by atoms with van der Waals surface area (Å²) in [5.74, 6) is 1.34. The molecule has 7 nitrogen and oxygen atoms in total. The van der Waals surface area contributed by atoms with Gasteiger partial charge >= 0.3 is 0 Å². The predicted molar refractivity (Wildman–Crippen MR) is 141 cm³/mol. The summed E-state index contributed by atoms with van der Waals surface area (Å²) in [6.45, 7) is 15.6. The Morgan fingerprint density at radius 1 is 1.12 bits per heavy atom. The van der Waals surface area contributed by atoms with Gasteiger partial charge in [0.2, 0.25) is 5.88 Å². The predicted octanol–water partition coefficient (Wildman–Crippen LogP) is 4.95. The van der Waals surface area contributed by atoms with Crippen molar-refractivity contribution in [3.63, 3.8) is 0 Å². The second-order valence-corrected chi connectivity index (χ2v) is 8.73. The number of rotatable bonds is 13. The number of hydrazone groups is 1. The van der Waals surface area contributed by atoms with E-state index < -0.39 is 0 Å². The van der Waals surface area contributed by atoms with Crippen LogP contribution in [0, 0.1) is 6.92 Å². The van der Waals surface area contributed by atoms with Crippen molar-refractivity contribution in [2.75, 3.05) is 62.9 Å². The lowest BCUT2D eigenvalue weighted by Crippen LogP contribution is -2.38. The first kappa shape index (κ1) is 26.0. The number of nitrogens with one attached hydrogen (secondary N) is 1. The largest absolute Gasteiger partial charge is 0.476 e. The number of hydrogen-bond donors (Lipinski definition) is 1. The van der Waals surface area contributed by atoms with E-state index in [-0.39, 0.29) is 0 Å². The Morgan fingerprint density at radius 3 is 2.56 bits per heavy atom. The van der Waals surface area contributed by atoms with Gasteiger partial charge in [0.05, 0.1) is 18.9 Å². The molecule has 2 aromatic rings. The van der Waals surface area contributed by atoms with Gasteiger partial charge in [0.15, 0.2) is 5.82 Å². The molecule has 0 unspecified atom stereocenters. The van der Waals surface area contributed by atoms with E-state index in [0.717, 1.165) is 82.2 Å². The summed E-state index contributed by atoms with van der Waals surface area (Å²) >= 11 is 0. The zero-order valence-corrected chi connectivity index (χ0v) is 21.3. The average Bonchev–Trinajstić information content (AvgIpc) is 2.85. The van der Waals surface area contributed by atoms with Crippen LogP contribution in [0.2, 0.25) is 0 Å². The van der Waals surface area contributed by atoms with Crippen molar-refractivity contribution in [1.29, 1.82) is 0 Å². The Kier molecular flexibility index (Phi) is 10.6. The zero-order chi connectivity index (χ0) is 24.2. The van der Waals surface area contributed by atoms with Gasteiger partial charge in [-0.05, 0) is 31.7 Å². The summed E-state index contributed by atoms with van der Waals surface area (Å²) in [6, 6.07) is 12.6. The molecule has 0 bridgehead atoms. The highest BCUT2D eigenvalue weighted by atomic mass is 16.5. The van der Waals surface area contributed by atoms with Gasteiger partial charge in [0.25, 0.3) is 0 Å². The first-order chi connectivity index (χ1) is 16.6. The molecule has 1 fully saturated rings. The molecular formula is C27H41N5O2. The minimum atomic E-state index is 0.601. The molecular weight excluding hydrogens is 426 g/mol. The molecule has 0 amide bonds. The third-order valence-electron chi connectivity index (χ3n) is 5.89. The fourth-order valence-electron chi connectivity index (χ4n) is 4.12. The molecule has 1 aliphatic heterocycles. The van der Waals surface area contributed by atoms with Gasteiger partial charge in [-0.15, -0.1) is 0 Å². The van der Waals surface area contributed by atoms with E-state index in [1.807, 2.05) is 0 Å². The number of pyridine rings is 1. The first-order valence-electron chi connectivity index (χ1n) is 12.7. The fourth-order valence-corrected chi connectivity index (χ4v) is 4.12. The molecule has 2 heterocycles.